The minimum atomic E-state index is -1.12. The van der Waals surface area contributed by atoms with Crippen LogP contribution in [0.4, 0.5) is 0 Å². The molecule has 8 unspecified atom stereocenters. The van der Waals surface area contributed by atoms with Gasteiger partial charge in [0.05, 0.1) is 0 Å². The summed E-state index contributed by atoms with van der Waals surface area (Å²) in [7, 11) is -1.12. The Morgan fingerprint density at radius 3 is 1.58 bits per heavy atom. The molecular weight excluding hydrogens is 430 g/mol. The van der Waals surface area contributed by atoms with E-state index in [-0.39, 0.29) is 48.0 Å². The van der Waals surface area contributed by atoms with Gasteiger partial charge >= 0.3 is 148 Å². The van der Waals surface area contributed by atoms with Crippen molar-refractivity contribution in [3.63, 3.8) is 0 Å². The average Bonchev–Trinajstić information content (AvgIpc) is 3.08. The van der Waals surface area contributed by atoms with Crippen LogP contribution in [0.5, 0.6) is 0 Å². The summed E-state index contributed by atoms with van der Waals surface area (Å²) in [5.74, 6) is 3.70. The minimum Gasteiger partial charge on any atom is -1.00 e. The first kappa shape index (κ1) is 19.4. The van der Waals surface area contributed by atoms with E-state index < -0.39 is 8.07 Å². The second-order valence-corrected chi connectivity index (χ2v) is 18.0. The van der Waals surface area contributed by atoms with Gasteiger partial charge in [0, 0.05) is 0 Å². The van der Waals surface area contributed by atoms with Crippen molar-refractivity contribution in [2.75, 3.05) is 0 Å². The van der Waals surface area contributed by atoms with E-state index in [4.69, 9.17) is 0 Å². The summed E-state index contributed by atoms with van der Waals surface area (Å²) in [6.45, 7) is 5.55. The van der Waals surface area contributed by atoms with E-state index >= 15 is 0 Å². The molecular formula is C20H26Cl2SiZr. The van der Waals surface area contributed by atoms with Crippen LogP contribution >= 0.6 is 0 Å². The molecule has 5 aliphatic rings. The summed E-state index contributed by atoms with van der Waals surface area (Å²) in [5, 5.41) is 0. The predicted octanol–water partition coefficient (Wildman–Crippen LogP) is -0.359. The summed E-state index contributed by atoms with van der Waals surface area (Å²) in [6, 6.07) is 0. The molecule has 3 fully saturated rings. The molecule has 0 radical (unpaired) electrons. The van der Waals surface area contributed by atoms with Gasteiger partial charge in [-0.05, 0) is 0 Å². The van der Waals surface area contributed by atoms with Gasteiger partial charge in [-0.3, -0.25) is 0 Å². The van der Waals surface area contributed by atoms with Crippen LogP contribution in [-0.2, 0) is 23.2 Å². The summed E-state index contributed by atoms with van der Waals surface area (Å²) < 4.78 is 2.33. The number of rotatable bonds is 0. The van der Waals surface area contributed by atoms with Crippen LogP contribution < -0.4 is 24.8 Å². The van der Waals surface area contributed by atoms with Crippen molar-refractivity contribution in [3.05, 3.63) is 48.6 Å². The molecule has 0 N–H and O–H groups in total. The van der Waals surface area contributed by atoms with E-state index in [1.165, 1.54) is 0 Å². The van der Waals surface area contributed by atoms with Crippen molar-refractivity contribution in [1.82, 2.24) is 0 Å². The molecule has 0 aromatic rings. The third kappa shape index (κ3) is 2.70. The fourth-order valence-electron chi connectivity index (χ4n) is 6.49. The predicted molar refractivity (Wildman–Crippen MR) is 92.2 cm³/mol. The maximum absolute atomic E-state index is 2.77. The smallest absolute Gasteiger partial charge is 1.00 e. The van der Waals surface area contributed by atoms with Gasteiger partial charge < -0.3 is 24.8 Å². The van der Waals surface area contributed by atoms with Gasteiger partial charge in [-0.25, -0.2) is 0 Å². The first-order valence-electron chi connectivity index (χ1n) is 9.12. The maximum atomic E-state index is 2.77. The van der Waals surface area contributed by atoms with Gasteiger partial charge in [0.1, 0.15) is 0 Å². The largest absolute Gasteiger partial charge is 1.00 e. The van der Waals surface area contributed by atoms with E-state index in [0.717, 1.165) is 42.0 Å². The first-order chi connectivity index (χ1) is 10.7. The fraction of sp³-hybridized carbons (Fsp3) is 0.600. The minimum absolute atomic E-state index is 0. The number of hydrogen-bond donors (Lipinski definition) is 0. The van der Waals surface area contributed by atoms with Crippen molar-refractivity contribution in [2.24, 2.45) is 23.7 Å². The van der Waals surface area contributed by atoms with Crippen LogP contribution in [0.15, 0.2) is 48.6 Å². The third-order valence-electron chi connectivity index (χ3n) is 7.64. The molecule has 4 aliphatic carbocycles. The molecule has 4 heteroatoms. The van der Waals surface area contributed by atoms with Crippen LogP contribution in [0.3, 0.4) is 0 Å². The van der Waals surface area contributed by atoms with Gasteiger partial charge in [0.25, 0.3) is 0 Å². The van der Waals surface area contributed by atoms with Gasteiger partial charge in [0.15, 0.2) is 0 Å². The zero-order chi connectivity index (χ0) is 14.9. The van der Waals surface area contributed by atoms with E-state index in [9.17, 15) is 0 Å². The molecule has 0 nitrogen and oxygen atoms in total. The van der Waals surface area contributed by atoms with E-state index in [0.29, 0.717) is 0 Å². The maximum Gasteiger partial charge on any atom is -1.00 e. The zero-order valence-electron chi connectivity index (χ0n) is 14.4. The fourth-order valence-corrected chi connectivity index (χ4v) is 24.3. The Hall–Kier alpha value is 0.640. The van der Waals surface area contributed by atoms with E-state index in [1.54, 1.807) is 12.8 Å². The number of fused-ring (bicyclic) bond motifs is 6. The molecule has 0 amide bonds. The standard InChI is InChI=1S/C20H26Si.2ClH.Zr/c1-21(2,19-11-15-7-3-4-8-16(15)12-19)20-13-17-9-5-6-10-18(17)14-20;;;/h3-11,13,15-20H,12,14H2,1-2H3;2*1H;/q;;;+2/p-2. The molecule has 128 valence electrons. The van der Waals surface area contributed by atoms with Crippen LogP contribution in [0.2, 0.25) is 31.4 Å². The summed E-state index contributed by atoms with van der Waals surface area (Å²) >= 11 is -0.302. The Labute approximate surface area is 171 Å². The number of hydrogen-bond acceptors (Lipinski definition) is 0. The topological polar surface area (TPSA) is 0 Å². The summed E-state index contributed by atoms with van der Waals surface area (Å²) in [5.41, 5.74) is 2.30. The Balaban J connectivity index is 0.000000845. The van der Waals surface area contributed by atoms with Gasteiger partial charge in [-0.15, -0.1) is 0 Å². The monoisotopic (exact) mass is 454 g/mol. The number of allylic oxidation sites excluding steroid dienone is 8. The Morgan fingerprint density at radius 2 is 1.12 bits per heavy atom. The second-order valence-electron chi connectivity index (χ2n) is 8.75. The SMILES string of the molecule is C[Si]1(C)C2CC3C=CC=CC3[CH]2[Zr+2][CH]2C3C=CC=CC3CC21.[Cl-].[Cl-]. The van der Waals surface area contributed by atoms with Crippen molar-refractivity contribution < 1.29 is 48.0 Å². The quantitative estimate of drug-likeness (QED) is 0.437. The molecule has 1 aliphatic heterocycles. The van der Waals surface area contributed by atoms with Crippen molar-refractivity contribution >= 4 is 8.07 Å². The van der Waals surface area contributed by atoms with Crippen LogP contribution in [0.25, 0.3) is 0 Å². The van der Waals surface area contributed by atoms with E-state index in [2.05, 4.69) is 61.7 Å². The molecule has 1 heterocycles. The second kappa shape index (κ2) is 6.99. The van der Waals surface area contributed by atoms with Gasteiger partial charge in [-0.2, -0.15) is 0 Å². The Kier molecular flexibility index (Phi) is 5.65. The molecule has 5 rings (SSSR count). The molecule has 1 saturated heterocycles. The molecule has 8 atom stereocenters. The molecule has 24 heavy (non-hydrogen) atoms. The molecule has 0 bridgehead atoms. The number of halogens is 2. The average molecular weight is 457 g/mol. The molecule has 0 aromatic heterocycles. The van der Waals surface area contributed by atoms with Crippen molar-refractivity contribution in [3.8, 4) is 0 Å². The molecule has 0 spiro atoms. The Bertz CT molecular complexity index is 559. The third-order valence-corrected chi connectivity index (χ3v) is 20.1. The van der Waals surface area contributed by atoms with Crippen LogP contribution in [-0.4, -0.2) is 8.07 Å². The van der Waals surface area contributed by atoms with Crippen LogP contribution in [0, 0.1) is 23.7 Å². The Morgan fingerprint density at radius 1 is 0.708 bits per heavy atom. The van der Waals surface area contributed by atoms with Crippen molar-refractivity contribution in [1.29, 1.82) is 0 Å². The first-order valence-corrected chi connectivity index (χ1v) is 15.1. The molecule has 2 saturated carbocycles. The van der Waals surface area contributed by atoms with E-state index in [1.807, 2.05) is 0 Å². The zero-order valence-corrected chi connectivity index (χ0v) is 19.4. The van der Waals surface area contributed by atoms with Crippen LogP contribution in [0.1, 0.15) is 12.8 Å². The van der Waals surface area contributed by atoms with Crippen molar-refractivity contribution in [2.45, 2.75) is 44.3 Å². The summed E-state index contributed by atoms with van der Waals surface area (Å²) in [4.78, 5) is 0. The summed E-state index contributed by atoms with van der Waals surface area (Å²) in [6.07, 6.45) is 22.7. The van der Waals surface area contributed by atoms with Gasteiger partial charge in [0.2, 0.25) is 0 Å². The van der Waals surface area contributed by atoms with Gasteiger partial charge in [-0.1, -0.05) is 0 Å². The normalized spacial score (nSPS) is 47.9. The molecule has 0 aromatic carbocycles.